The number of aryl methyl sites for hydroxylation is 1. The Balaban J connectivity index is 1.89. The summed E-state index contributed by atoms with van der Waals surface area (Å²) in [7, 11) is 0. The third-order valence-corrected chi connectivity index (χ3v) is 4.71. The smallest absolute Gasteiger partial charge is 0.226 e. The van der Waals surface area contributed by atoms with E-state index in [1.54, 1.807) is 11.3 Å². The highest BCUT2D eigenvalue weighted by Crippen LogP contribution is 2.41. The SMILES string of the molecule is CCn1ncnc1[C@@H]1CC(=O)Nc2n[nH]c(-c3cccs3)c21. The first-order valence-electron chi connectivity index (χ1n) is 7.07. The number of nitrogens with zero attached hydrogens (tertiary/aromatic N) is 4. The number of aromatic amines is 1. The number of amides is 1. The molecular formula is C14H14N6OS. The maximum atomic E-state index is 12.0. The summed E-state index contributed by atoms with van der Waals surface area (Å²) in [4.78, 5) is 17.5. The van der Waals surface area contributed by atoms with E-state index in [-0.39, 0.29) is 11.8 Å². The standard InChI is InChI=1S/C14H14N6OS/c1-2-20-14(15-7-16-20)8-6-10(21)17-13-11(8)12(18-19-13)9-4-3-5-22-9/h3-5,7-8H,2,6H2,1H3,(H2,17,18,19,21)/t8-/m1/s1. The Labute approximate surface area is 130 Å². The summed E-state index contributed by atoms with van der Waals surface area (Å²) in [6, 6.07) is 4.04. The number of nitrogens with one attached hydrogen (secondary N) is 2. The molecule has 1 aliphatic rings. The van der Waals surface area contributed by atoms with Crippen molar-refractivity contribution in [2.75, 3.05) is 5.32 Å². The van der Waals surface area contributed by atoms with Gasteiger partial charge in [0.15, 0.2) is 5.82 Å². The fourth-order valence-corrected chi connectivity index (χ4v) is 3.61. The zero-order valence-electron chi connectivity index (χ0n) is 11.9. The van der Waals surface area contributed by atoms with Gasteiger partial charge in [-0.15, -0.1) is 11.3 Å². The molecule has 0 aliphatic carbocycles. The second-order valence-electron chi connectivity index (χ2n) is 5.08. The van der Waals surface area contributed by atoms with Crippen LogP contribution in [0.15, 0.2) is 23.8 Å². The molecule has 3 aromatic heterocycles. The van der Waals surface area contributed by atoms with Crippen molar-refractivity contribution < 1.29 is 4.79 Å². The minimum absolute atomic E-state index is 0.0487. The van der Waals surface area contributed by atoms with E-state index in [0.29, 0.717) is 12.2 Å². The van der Waals surface area contributed by atoms with Gasteiger partial charge in [-0.25, -0.2) is 9.67 Å². The lowest BCUT2D eigenvalue weighted by atomic mass is 9.90. The lowest BCUT2D eigenvalue weighted by Gasteiger charge is -2.22. The second kappa shape index (κ2) is 5.06. The van der Waals surface area contributed by atoms with Crippen molar-refractivity contribution in [3.63, 3.8) is 0 Å². The Morgan fingerprint density at radius 2 is 2.41 bits per heavy atom. The number of carbonyl (C=O) groups excluding carboxylic acids is 1. The van der Waals surface area contributed by atoms with E-state index >= 15 is 0 Å². The molecule has 0 spiro atoms. The molecule has 1 atom stereocenters. The average Bonchev–Trinajstić information content (AvgIpc) is 3.25. The minimum Gasteiger partial charge on any atom is -0.309 e. The first-order valence-corrected chi connectivity index (χ1v) is 7.95. The number of fused-ring (bicyclic) bond motifs is 1. The van der Waals surface area contributed by atoms with E-state index in [0.717, 1.165) is 28.5 Å². The zero-order chi connectivity index (χ0) is 15.1. The number of H-pyrrole nitrogens is 1. The van der Waals surface area contributed by atoms with Crippen LogP contribution in [0.3, 0.4) is 0 Å². The number of aromatic nitrogens is 5. The molecule has 112 valence electrons. The first kappa shape index (κ1) is 13.2. The normalized spacial score (nSPS) is 17.3. The fourth-order valence-electron chi connectivity index (χ4n) is 2.87. The summed E-state index contributed by atoms with van der Waals surface area (Å²) in [5, 5.41) is 16.4. The van der Waals surface area contributed by atoms with Gasteiger partial charge in [0.1, 0.15) is 12.2 Å². The highest BCUT2D eigenvalue weighted by molar-refractivity contribution is 7.13. The van der Waals surface area contributed by atoms with Gasteiger partial charge >= 0.3 is 0 Å². The molecule has 8 heteroatoms. The van der Waals surface area contributed by atoms with Crippen LogP contribution in [0.2, 0.25) is 0 Å². The molecule has 7 nitrogen and oxygen atoms in total. The Morgan fingerprint density at radius 1 is 1.50 bits per heavy atom. The number of anilines is 1. The van der Waals surface area contributed by atoms with Crippen molar-refractivity contribution in [3.05, 3.63) is 35.2 Å². The summed E-state index contributed by atoms with van der Waals surface area (Å²) in [5.41, 5.74) is 1.94. The maximum absolute atomic E-state index is 12.0. The lowest BCUT2D eigenvalue weighted by molar-refractivity contribution is -0.116. The number of hydrogen-bond donors (Lipinski definition) is 2. The predicted octanol–water partition coefficient (Wildman–Crippen LogP) is 2.22. The third kappa shape index (κ3) is 1.95. The Kier molecular flexibility index (Phi) is 3.04. The highest BCUT2D eigenvalue weighted by atomic mass is 32.1. The van der Waals surface area contributed by atoms with Crippen molar-refractivity contribution in [3.8, 4) is 10.6 Å². The summed E-state index contributed by atoms with van der Waals surface area (Å²) in [5.74, 6) is 1.21. The van der Waals surface area contributed by atoms with Crippen LogP contribution in [0.1, 0.15) is 30.7 Å². The van der Waals surface area contributed by atoms with Gasteiger partial charge in [-0.1, -0.05) is 6.07 Å². The third-order valence-electron chi connectivity index (χ3n) is 3.82. The fraction of sp³-hybridized carbons (Fsp3) is 0.286. The number of thiophene rings is 1. The van der Waals surface area contributed by atoms with Gasteiger partial charge in [0, 0.05) is 18.5 Å². The Bertz CT molecular complexity index is 818. The monoisotopic (exact) mass is 314 g/mol. The second-order valence-corrected chi connectivity index (χ2v) is 6.02. The molecule has 2 N–H and O–H groups in total. The Morgan fingerprint density at radius 3 is 3.18 bits per heavy atom. The van der Waals surface area contributed by atoms with Crippen LogP contribution in [0.5, 0.6) is 0 Å². The van der Waals surface area contributed by atoms with Gasteiger partial charge in [-0.2, -0.15) is 10.2 Å². The van der Waals surface area contributed by atoms with Gasteiger partial charge in [-0.3, -0.25) is 9.89 Å². The molecule has 4 rings (SSSR count). The van der Waals surface area contributed by atoms with Crippen LogP contribution in [0, 0.1) is 0 Å². The molecule has 0 radical (unpaired) electrons. The van der Waals surface area contributed by atoms with E-state index in [1.165, 1.54) is 6.33 Å². The van der Waals surface area contributed by atoms with Crippen LogP contribution in [-0.4, -0.2) is 30.9 Å². The average molecular weight is 314 g/mol. The lowest BCUT2D eigenvalue weighted by Crippen LogP contribution is -2.25. The number of hydrogen-bond acceptors (Lipinski definition) is 5. The van der Waals surface area contributed by atoms with Crippen LogP contribution >= 0.6 is 11.3 Å². The summed E-state index contributed by atoms with van der Waals surface area (Å²) < 4.78 is 1.83. The maximum Gasteiger partial charge on any atom is 0.226 e. The molecule has 0 unspecified atom stereocenters. The van der Waals surface area contributed by atoms with Crippen molar-refractivity contribution >= 4 is 23.1 Å². The van der Waals surface area contributed by atoms with Gasteiger partial charge in [0.25, 0.3) is 0 Å². The van der Waals surface area contributed by atoms with Gasteiger partial charge in [0.05, 0.1) is 16.5 Å². The minimum atomic E-state index is -0.137. The van der Waals surface area contributed by atoms with E-state index in [2.05, 4.69) is 25.6 Å². The molecule has 1 aliphatic heterocycles. The van der Waals surface area contributed by atoms with Crippen molar-refractivity contribution in [2.45, 2.75) is 25.8 Å². The molecule has 0 saturated heterocycles. The van der Waals surface area contributed by atoms with Gasteiger partial charge in [-0.05, 0) is 18.4 Å². The Hall–Kier alpha value is -2.48. The van der Waals surface area contributed by atoms with E-state index < -0.39 is 0 Å². The van der Waals surface area contributed by atoms with Crippen LogP contribution in [-0.2, 0) is 11.3 Å². The molecule has 4 heterocycles. The molecular weight excluding hydrogens is 300 g/mol. The van der Waals surface area contributed by atoms with E-state index in [1.807, 2.05) is 29.1 Å². The first-order chi connectivity index (χ1) is 10.8. The summed E-state index contributed by atoms with van der Waals surface area (Å²) >= 11 is 1.64. The zero-order valence-corrected chi connectivity index (χ0v) is 12.7. The molecule has 22 heavy (non-hydrogen) atoms. The van der Waals surface area contributed by atoms with Crippen LogP contribution in [0.25, 0.3) is 10.6 Å². The summed E-state index contributed by atoms with van der Waals surface area (Å²) in [6.45, 7) is 2.73. The van der Waals surface area contributed by atoms with Gasteiger partial charge < -0.3 is 5.32 Å². The molecule has 0 fully saturated rings. The molecule has 0 bridgehead atoms. The van der Waals surface area contributed by atoms with E-state index in [9.17, 15) is 4.79 Å². The van der Waals surface area contributed by atoms with Gasteiger partial charge in [0.2, 0.25) is 5.91 Å². The molecule has 3 aromatic rings. The summed E-state index contributed by atoms with van der Waals surface area (Å²) in [6.07, 6.45) is 1.89. The van der Waals surface area contributed by atoms with Crippen LogP contribution < -0.4 is 5.32 Å². The highest BCUT2D eigenvalue weighted by Gasteiger charge is 2.34. The number of rotatable bonds is 3. The molecule has 0 saturated carbocycles. The quantitative estimate of drug-likeness (QED) is 0.776. The largest absolute Gasteiger partial charge is 0.309 e. The molecule has 1 amide bonds. The van der Waals surface area contributed by atoms with Crippen LogP contribution in [0.4, 0.5) is 5.82 Å². The number of carbonyl (C=O) groups is 1. The predicted molar refractivity (Wildman–Crippen MR) is 82.7 cm³/mol. The molecule has 0 aromatic carbocycles. The van der Waals surface area contributed by atoms with Crippen molar-refractivity contribution in [1.29, 1.82) is 0 Å². The van der Waals surface area contributed by atoms with E-state index in [4.69, 9.17) is 0 Å². The topological polar surface area (TPSA) is 88.5 Å². The van der Waals surface area contributed by atoms with Crippen molar-refractivity contribution in [2.24, 2.45) is 0 Å². The van der Waals surface area contributed by atoms with Crippen molar-refractivity contribution in [1.82, 2.24) is 25.0 Å².